The van der Waals surface area contributed by atoms with E-state index in [1.54, 1.807) is 12.1 Å². The summed E-state index contributed by atoms with van der Waals surface area (Å²) in [4.78, 5) is 4.50. The summed E-state index contributed by atoms with van der Waals surface area (Å²) in [6.45, 7) is 0. The third-order valence-corrected chi connectivity index (χ3v) is 4.01. The fourth-order valence-electron chi connectivity index (χ4n) is 2.12. The SMILES string of the molecule is COc1cccc(F)c1-c1nc(-c2ccccc2N)cs1. The van der Waals surface area contributed by atoms with Crippen LogP contribution in [0.4, 0.5) is 10.1 Å². The molecular formula is C16H13FN2OS. The predicted molar refractivity (Wildman–Crippen MR) is 83.9 cm³/mol. The topological polar surface area (TPSA) is 48.1 Å². The standard InChI is InChI=1S/C16H13FN2OS/c1-20-14-8-4-6-11(17)15(14)16-19-13(9-21-16)10-5-2-3-7-12(10)18/h2-9H,18H2,1H3. The number of hydrogen-bond acceptors (Lipinski definition) is 4. The minimum atomic E-state index is -0.351. The van der Waals surface area contributed by atoms with Gasteiger partial charge in [-0.25, -0.2) is 9.37 Å². The van der Waals surface area contributed by atoms with E-state index in [0.717, 1.165) is 11.3 Å². The van der Waals surface area contributed by atoms with Gasteiger partial charge in [0.2, 0.25) is 0 Å². The summed E-state index contributed by atoms with van der Waals surface area (Å²) < 4.78 is 19.3. The molecule has 0 atom stereocenters. The van der Waals surface area contributed by atoms with Crippen molar-refractivity contribution in [2.24, 2.45) is 0 Å². The van der Waals surface area contributed by atoms with Gasteiger partial charge in [-0.1, -0.05) is 24.3 Å². The quantitative estimate of drug-likeness (QED) is 0.737. The third kappa shape index (κ3) is 2.48. The van der Waals surface area contributed by atoms with Crippen LogP contribution in [0.3, 0.4) is 0 Å². The van der Waals surface area contributed by atoms with Crippen LogP contribution in [0.25, 0.3) is 21.8 Å². The highest BCUT2D eigenvalue weighted by Crippen LogP contribution is 2.37. The van der Waals surface area contributed by atoms with Crippen molar-refractivity contribution in [1.82, 2.24) is 4.98 Å². The van der Waals surface area contributed by atoms with E-state index in [9.17, 15) is 4.39 Å². The number of anilines is 1. The summed E-state index contributed by atoms with van der Waals surface area (Å²) in [6.07, 6.45) is 0. The highest BCUT2D eigenvalue weighted by Gasteiger charge is 2.16. The average Bonchev–Trinajstić information content (AvgIpc) is 2.96. The number of methoxy groups -OCH3 is 1. The van der Waals surface area contributed by atoms with Crippen molar-refractivity contribution < 1.29 is 9.13 Å². The molecule has 0 fully saturated rings. The number of benzene rings is 2. The Kier molecular flexibility index (Phi) is 3.58. The fraction of sp³-hybridized carbons (Fsp3) is 0.0625. The zero-order valence-corrected chi connectivity index (χ0v) is 12.2. The van der Waals surface area contributed by atoms with E-state index in [0.29, 0.717) is 22.0 Å². The molecule has 3 aromatic rings. The number of nitrogens with two attached hydrogens (primary N) is 1. The average molecular weight is 300 g/mol. The van der Waals surface area contributed by atoms with Crippen LogP contribution < -0.4 is 10.5 Å². The second kappa shape index (κ2) is 5.54. The third-order valence-electron chi connectivity index (χ3n) is 3.15. The first-order valence-electron chi connectivity index (χ1n) is 6.34. The second-order valence-corrected chi connectivity index (χ2v) is 5.30. The molecule has 0 bridgehead atoms. The molecule has 0 saturated heterocycles. The van der Waals surface area contributed by atoms with Crippen molar-refractivity contribution in [2.45, 2.75) is 0 Å². The molecule has 2 aromatic carbocycles. The fourth-order valence-corrected chi connectivity index (χ4v) is 2.99. The molecule has 0 amide bonds. The van der Waals surface area contributed by atoms with Crippen molar-refractivity contribution in [2.75, 3.05) is 12.8 Å². The van der Waals surface area contributed by atoms with E-state index in [1.165, 1.54) is 24.5 Å². The van der Waals surface area contributed by atoms with Gasteiger partial charge in [0.1, 0.15) is 16.6 Å². The van der Waals surface area contributed by atoms with E-state index < -0.39 is 0 Å². The first-order chi connectivity index (χ1) is 10.2. The minimum Gasteiger partial charge on any atom is -0.496 e. The van der Waals surface area contributed by atoms with E-state index in [1.807, 2.05) is 29.6 Å². The molecule has 1 aromatic heterocycles. The Labute approximate surface area is 125 Å². The van der Waals surface area contributed by atoms with Crippen LogP contribution in [0.2, 0.25) is 0 Å². The Morgan fingerprint density at radius 2 is 1.95 bits per heavy atom. The molecule has 106 valence electrons. The van der Waals surface area contributed by atoms with Crippen LogP contribution in [-0.2, 0) is 0 Å². The van der Waals surface area contributed by atoms with Gasteiger partial charge >= 0.3 is 0 Å². The highest BCUT2D eigenvalue weighted by molar-refractivity contribution is 7.13. The molecule has 21 heavy (non-hydrogen) atoms. The number of rotatable bonds is 3. The molecule has 3 nitrogen and oxygen atoms in total. The highest BCUT2D eigenvalue weighted by atomic mass is 32.1. The van der Waals surface area contributed by atoms with Gasteiger partial charge < -0.3 is 10.5 Å². The Bertz CT molecular complexity index is 785. The maximum Gasteiger partial charge on any atom is 0.137 e. The maximum absolute atomic E-state index is 14.1. The number of aromatic nitrogens is 1. The normalized spacial score (nSPS) is 10.6. The number of nitrogens with zero attached hydrogens (tertiary/aromatic N) is 1. The molecular weight excluding hydrogens is 287 g/mol. The molecule has 0 spiro atoms. The Hall–Kier alpha value is -2.40. The zero-order chi connectivity index (χ0) is 14.8. The molecule has 0 radical (unpaired) electrons. The maximum atomic E-state index is 14.1. The van der Waals surface area contributed by atoms with E-state index in [2.05, 4.69) is 4.98 Å². The summed E-state index contributed by atoms with van der Waals surface area (Å²) in [6, 6.07) is 12.2. The van der Waals surface area contributed by atoms with Crippen LogP contribution >= 0.6 is 11.3 Å². The van der Waals surface area contributed by atoms with Crippen molar-refractivity contribution >= 4 is 17.0 Å². The van der Waals surface area contributed by atoms with Gasteiger partial charge in [-0.2, -0.15) is 0 Å². The number of para-hydroxylation sites is 1. The van der Waals surface area contributed by atoms with Crippen molar-refractivity contribution in [1.29, 1.82) is 0 Å². The van der Waals surface area contributed by atoms with Crippen molar-refractivity contribution in [3.63, 3.8) is 0 Å². The number of halogens is 1. The van der Waals surface area contributed by atoms with Gasteiger partial charge in [-0.05, 0) is 18.2 Å². The molecule has 3 rings (SSSR count). The molecule has 2 N–H and O–H groups in total. The lowest BCUT2D eigenvalue weighted by Crippen LogP contribution is -1.92. The van der Waals surface area contributed by atoms with Gasteiger partial charge in [0, 0.05) is 16.6 Å². The molecule has 1 heterocycles. The Morgan fingerprint density at radius 1 is 1.14 bits per heavy atom. The number of hydrogen-bond donors (Lipinski definition) is 1. The minimum absolute atomic E-state index is 0.351. The molecule has 0 aliphatic rings. The van der Waals surface area contributed by atoms with Crippen molar-refractivity contribution in [3.05, 3.63) is 53.7 Å². The number of ether oxygens (including phenoxy) is 1. The lowest BCUT2D eigenvalue weighted by Gasteiger charge is -2.06. The van der Waals surface area contributed by atoms with Gasteiger partial charge in [-0.3, -0.25) is 0 Å². The van der Waals surface area contributed by atoms with Gasteiger partial charge in [0.05, 0.1) is 18.4 Å². The van der Waals surface area contributed by atoms with Crippen LogP contribution in [0, 0.1) is 5.82 Å². The summed E-state index contributed by atoms with van der Waals surface area (Å²) >= 11 is 1.36. The zero-order valence-electron chi connectivity index (χ0n) is 11.3. The van der Waals surface area contributed by atoms with E-state index in [-0.39, 0.29) is 5.82 Å². The predicted octanol–water partition coefficient (Wildman–Crippen LogP) is 4.21. The van der Waals surface area contributed by atoms with Crippen molar-refractivity contribution in [3.8, 4) is 27.6 Å². The van der Waals surface area contributed by atoms with Crippen LogP contribution in [-0.4, -0.2) is 12.1 Å². The monoisotopic (exact) mass is 300 g/mol. The van der Waals surface area contributed by atoms with E-state index >= 15 is 0 Å². The Morgan fingerprint density at radius 3 is 2.71 bits per heavy atom. The first kappa shape index (κ1) is 13.6. The first-order valence-corrected chi connectivity index (χ1v) is 7.22. The van der Waals surface area contributed by atoms with Crippen LogP contribution in [0.1, 0.15) is 0 Å². The molecule has 0 aliphatic heterocycles. The number of nitrogen functional groups attached to an aromatic ring is 1. The van der Waals surface area contributed by atoms with E-state index in [4.69, 9.17) is 10.5 Å². The molecule has 0 aliphatic carbocycles. The smallest absolute Gasteiger partial charge is 0.137 e. The lowest BCUT2D eigenvalue weighted by molar-refractivity contribution is 0.413. The van der Waals surface area contributed by atoms with Gasteiger partial charge in [0.25, 0.3) is 0 Å². The van der Waals surface area contributed by atoms with Gasteiger partial charge in [-0.15, -0.1) is 11.3 Å². The largest absolute Gasteiger partial charge is 0.496 e. The van der Waals surface area contributed by atoms with Crippen LogP contribution in [0.5, 0.6) is 5.75 Å². The number of thiazole rings is 1. The second-order valence-electron chi connectivity index (χ2n) is 4.44. The Balaban J connectivity index is 2.10. The summed E-state index contributed by atoms with van der Waals surface area (Å²) in [5.41, 5.74) is 8.56. The summed E-state index contributed by atoms with van der Waals surface area (Å²) in [5.74, 6) is 0.119. The summed E-state index contributed by atoms with van der Waals surface area (Å²) in [5, 5.41) is 2.44. The molecule has 5 heteroatoms. The summed E-state index contributed by atoms with van der Waals surface area (Å²) in [7, 11) is 1.52. The molecule has 0 unspecified atom stereocenters. The van der Waals surface area contributed by atoms with Crippen LogP contribution in [0.15, 0.2) is 47.8 Å². The molecule has 0 saturated carbocycles. The lowest BCUT2D eigenvalue weighted by atomic mass is 10.1. The van der Waals surface area contributed by atoms with Gasteiger partial charge in [0.15, 0.2) is 0 Å².